The van der Waals surface area contributed by atoms with Crippen LogP contribution in [0.4, 0.5) is 0 Å². The number of benzene rings is 1. The molecular formula is C17H25ClN2O3. The molecule has 0 aromatic heterocycles. The number of nitrogens with one attached hydrogen (secondary N) is 1. The molecule has 1 saturated heterocycles. The molecule has 6 heteroatoms. The lowest BCUT2D eigenvalue weighted by Gasteiger charge is -2.33. The van der Waals surface area contributed by atoms with E-state index in [1.54, 1.807) is 24.3 Å². The van der Waals surface area contributed by atoms with Crippen LogP contribution in [0, 0.1) is 5.92 Å². The second-order valence-electron chi connectivity index (χ2n) is 6.19. The van der Waals surface area contributed by atoms with Crippen molar-refractivity contribution in [1.82, 2.24) is 10.2 Å². The van der Waals surface area contributed by atoms with Crippen LogP contribution in [0.15, 0.2) is 24.3 Å². The third-order valence-electron chi connectivity index (χ3n) is 3.56. The highest BCUT2D eigenvalue weighted by Gasteiger charge is 2.21. The number of ether oxygens (including phenoxy) is 2. The maximum Gasteiger partial charge on any atom is 0.258 e. The van der Waals surface area contributed by atoms with Crippen LogP contribution in [0.2, 0.25) is 5.02 Å². The van der Waals surface area contributed by atoms with Crippen LogP contribution in [0.5, 0.6) is 5.75 Å². The number of carbonyl (C=O) groups is 1. The van der Waals surface area contributed by atoms with Crippen molar-refractivity contribution < 1.29 is 14.3 Å². The summed E-state index contributed by atoms with van der Waals surface area (Å²) in [7, 11) is 0. The molecule has 1 aliphatic heterocycles. The normalized spacial score (nSPS) is 18.9. The van der Waals surface area contributed by atoms with E-state index < -0.39 is 0 Å². The number of carbonyl (C=O) groups excluding carboxylic acids is 1. The van der Waals surface area contributed by atoms with Gasteiger partial charge in [-0.05, 0) is 30.2 Å². The fourth-order valence-corrected chi connectivity index (χ4v) is 2.67. The number of morpholine rings is 1. The average molecular weight is 341 g/mol. The third-order valence-corrected chi connectivity index (χ3v) is 3.81. The Hall–Kier alpha value is -1.30. The zero-order chi connectivity index (χ0) is 16.7. The summed E-state index contributed by atoms with van der Waals surface area (Å²) < 4.78 is 11.1. The number of halogens is 1. The van der Waals surface area contributed by atoms with Gasteiger partial charge in [-0.2, -0.15) is 0 Å². The van der Waals surface area contributed by atoms with E-state index in [-0.39, 0.29) is 18.6 Å². The Morgan fingerprint density at radius 1 is 1.43 bits per heavy atom. The third kappa shape index (κ3) is 6.77. The van der Waals surface area contributed by atoms with Gasteiger partial charge in [-0.15, -0.1) is 0 Å². The molecule has 1 fully saturated rings. The van der Waals surface area contributed by atoms with Crippen LogP contribution in [0.1, 0.15) is 13.8 Å². The predicted molar refractivity (Wildman–Crippen MR) is 91.0 cm³/mol. The van der Waals surface area contributed by atoms with Gasteiger partial charge in [-0.25, -0.2) is 0 Å². The second-order valence-corrected chi connectivity index (χ2v) is 6.63. The molecule has 0 aliphatic carbocycles. The molecule has 1 aromatic rings. The fraction of sp³-hybridized carbons (Fsp3) is 0.588. The van der Waals surface area contributed by atoms with Crippen molar-refractivity contribution in [2.75, 3.05) is 39.4 Å². The first-order valence-electron chi connectivity index (χ1n) is 8.02. The molecule has 1 amide bonds. The van der Waals surface area contributed by atoms with E-state index in [0.717, 1.165) is 19.6 Å². The summed E-state index contributed by atoms with van der Waals surface area (Å²) in [5.41, 5.74) is 0. The van der Waals surface area contributed by atoms with Crippen molar-refractivity contribution in [3.63, 3.8) is 0 Å². The van der Waals surface area contributed by atoms with E-state index >= 15 is 0 Å². The molecule has 0 saturated carbocycles. The first kappa shape index (κ1) is 18.0. The number of nitrogens with zero attached hydrogens (tertiary/aromatic N) is 1. The quantitative estimate of drug-likeness (QED) is 0.826. The maximum atomic E-state index is 11.9. The van der Waals surface area contributed by atoms with Crippen molar-refractivity contribution in [1.29, 1.82) is 0 Å². The van der Waals surface area contributed by atoms with Crippen LogP contribution < -0.4 is 10.1 Å². The molecule has 1 N–H and O–H groups in total. The highest BCUT2D eigenvalue weighted by molar-refractivity contribution is 6.30. The Kier molecular flexibility index (Phi) is 7.15. The summed E-state index contributed by atoms with van der Waals surface area (Å²) >= 11 is 5.80. The van der Waals surface area contributed by atoms with Crippen molar-refractivity contribution in [3.05, 3.63) is 29.3 Å². The number of hydrogen-bond donors (Lipinski definition) is 1. The lowest BCUT2D eigenvalue weighted by Crippen LogP contribution is -2.48. The van der Waals surface area contributed by atoms with Gasteiger partial charge in [0.1, 0.15) is 5.75 Å². The smallest absolute Gasteiger partial charge is 0.258 e. The lowest BCUT2D eigenvalue weighted by molar-refractivity contribution is -0.124. The monoisotopic (exact) mass is 340 g/mol. The van der Waals surface area contributed by atoms with Crippen LogP contribution in [0.3, 0.4) is 0 Å². The summed E-state index contributed by atoms with van der Waals surface area (Å²) in [6.07, 6.45) is 0.0435. The summed E-state index contributed by atoms with van der Waals surface area (Å²) in [4.78, 5) is 14.2. The van der Waals surface area contributed by atoms with Crippen molar-refractivity contribution >= 4 is 17.5 Å². The highest BCUT2D eigenvalue weighted by Crippen LogP contribution is 2.15. The van der Waals surface area contributed by atoms with Crippen LogP contribution >= 0.6 is 11.6 Å². The summed E-state index contributed by atoms with van der Waals surface area (Å²) in [5.74, 6) is 1.11. The van der Waals surface area contributed by atoms with Crippen LogP contribution in [-0.2, 0) is 9.53 Å². The topological polar surface area (TPSA) is 50.8 Å². The minimum atomic E-state index is -0.149. The molecule has 1 aromatic carbocycles. The summed E-state index contributed by atoms with van der Waals surface area (Å²) in [6, 6.07) is 6.94. The fourth-order valence-electron chi connectivity index (χ4n) is 2.54. The number of hydrogen-bond acceptors (Lipinski definition) is 4. The van der Waals surface area contributed by atoms with Gasteiger partial charge >= 0.3 is 0 Å². The summed E-state index contributed by atoms with van der Waals surface area (Å²) in [5, 5.41) is 3.51. The van der Waals surface area contributed by atoms with E-state index in [1.165, 1.54) is 0 Å². The number of amides is 1. The largest absolute Gasteiger partial charge is 0.484 e. The Labute approximate surface area is 142 Å². The molecule has 5 nitrogen and oxygen atoms in total. The molecule has 0 unspecified atom stereocenters. The Balaban J connectivity index is 1.66. The Bertz CT molecular complexity index is 493. The molecule has 0 spiro atoms. The molecule has 128 valence electrons. The zero-order valence-electron chi connectivity index (χ0n) is 13.8. The average Bonchev–Trinajstić information content (AvgIpc) is 2.52. The van der Waals surface area contributed by atoms with E-state index in [0.29, 0.717) is 29.8 Å². The van der Waals surface area contributed by atoms with Gasteiger partial charge in [0.05, 0.1) is 12.7 Å². The SMILES string of the molecule is CC(C)CN1CCO[C@@H](CNC(=O)COc2ccc(Cl)cc2)C1. The maximum absolute atomic E-state index is 11.9. The van der Waals surface area contributed by atoms with Crippen molar-refractivity contribution in [3.8, 4) is 5.75 Å². The van der Waals surface area contributed by atoms with Crippen molar-refractivity contribution in [2.45, 2.75) is 20.0 Å². The molecule has 23 heavy (non-hydrogen) atoms. The van der Waals surface area contributed by atoms with E-state index in [2.05, 4.69) is 24.1 Å². The van der Waals surface area contributed by atoms with Gasteiger partial charge in [0, 0.05) is 31.2 Å². The van der Waals surface area contributed by atoms with E-state index in [4.69, 9.17) is 21.1 Å². The van der Waals surface area contributed by atoms with Crippen LogP contribution in [-0.4, -0.2) is 56.3 Å². The van der Waals surface area contributed by atoms with Crippen molar-refractivity contribution in [2.24, 2.45) is 5.92 Å². The zero-order valence-corrected chi connectivity index (χ0v) is 14.5. The van der Waals surface area contributed by atoms with Gasteiger partial charge < -0.3 is 14.8 Å². The highest BCUT2D eigenvalue weighted by atomic mass is 35.5. The van der Waals surface area contributed by atoms with Crippen LogP contribution in [0.25, 0.3) is 0 Å². The van der Waals surface area contributed by atoms with Gasteiger partial charge in [0.2, 0.25) is 0 Å². The minimum Gasteiger partial charge on any atom is -0.484 e. The first-order chi connectivity index (χ1) is 11.0. The molecule has 0 bridgehead atoms. The van der Waals surface area contributed by atoms with E-state index in [9.17, 15) is 4.79 Å². The summed E-state index contributed by atoms with van der Waals surface area (Å²) in [6.45, 7) is 8.52. The standard InChI is InChI=1S/C17H25ClN2O3/c1-13(2)10-20-7-8-22-16(11-20)9-19-17(21)12-23-15-5-3-14(18)4-6-15/h3-6,13,16H,7-12H2,1-2H3,(H,19,21)/t16-/m0/s1. The lowest BCUT2D eigenvalue weighted by atomic mass is 10.2. The van der Waals surface area contributed by atoms with E-state index in [1.807, 2.05) is 0 Å². The second kappa shape index (κ2) is 9.11. The molecule has 1 aliphatic rings. The van der Waals surface area contributed by atoms with Gasteiger partial charge in [0.25, 0.3) is 5.91 Å². The predicted octanol–water partition coefficient (Wildman–Crippen LogP) is 2.19. The van der Waals surface area contributed by atoms with Gasteiger partial charge in [-0.1, -0.05) is 25.4 Å². The minimum absolute atomic E-state index is 0.00986. The molecule has 1 heterocycles. The molecular weight excluding hydrogens is 316 g/mol. The molecule has 2 rings (SSSR count). The van der Waals surface area contributed by atoms with Gasteiger partial charge in [0.15, 0.2) is 6.61 Å². The molecule has 0 radical (unpaired) electrons. The van der Waals surface area contributed by atoms with Gasteiger partial charge in [-0.3, -0.25) is 9.69 Å². The molecule has 1 atom stereocenters. The first-order valence-corrected chi connectivity index (χ1v) is 8.39. The Morgan fingerprint density at radius 2 is 2.17 bits per heavy atom. The number of rotatable bonds is 7. The Morgan fingerprint density at radius 3 is 2.87 bits per heavy atom.